The zero-order chi connectivity index (χ0) is 32.3. The summed E-state index contributed by atoms with van der Waals surface area (Å²) in [5.74, 6) is -0.343. The number of carbonyl (C=O) groups is 2. The number of anilines is 3. The summed E-state index contributed by atoms with van der Waals surface area (Å²) in [5.41, 5.74) is 10.4. The lowest BCUT2D eigenvalue weighted by Crippen LogP contribution is -2.43. The fraction of sp³-hybridized carbons (Fsp3) is 0.405. The summed E-state index contributed by atoms with van der Waals surface area (Å²) in [6.07, 6.45) is 7.69. The van der Waals surface area contributed by atoms with Gasteiger partial charge < -0.3 is 30.9 Å². The molecule has 0 spiro atoms. The molecule has 244 valence electrons. The lowest BCUT2D eigenvalue weighted by atomic mass is 9.99. The maximum Gasteiger partial charge on any atom is 0.224 e. The highest BCUT2D eigenvalue weighted by atomic mass is 16.7. The van der Waals surface area contributed by atoms with Gasteiger partial charge in [0.2, 0.25) is 11.8 Å². The van der Waals surface area contributed by atoms with Crippen LogP contribution in [-0.4, -0.2) is 47.1 Å². The molecule has 3 aromatic carbocycles. The molecule has 1 saturated carbocycles. The van der Waals surface area contributed by atoms with Gasteiger partial charge in [0.25, 0.3) is 0 Å². The maximum atomic E-state index is 12.6. The number of amides is 2. The summed E-state index contributed by atoms with van der Waals surface area (Å²) in [7, 11) is 0. The molecule has 46 heavy (non-hydrogen) atoms. The average molecular weight is 627 g/mol. The van der Waals surface area contributed by atoms with Crippen molar-refractivity contribution in [3.05, 3.63) is 102 Å². The van der Waals surface area contributed by atoms with E-state index in [9.17, 15) is 14.7 Å². The summed E-state index contributed by atoms with van der Waals surface area (Å²) in [6, 6.07) is 23.1. The molecule has 5 N–H and O–H groups in total. The fourth-order valence-electron chi connectivity index (χ4n) is 6.28. The first kappa shape index (κ1) is 33.3. The molecule has 5 rings (SSSR count). The van der Waals surface area contributed by atoms with E-state index in [1.807, 2.05) is 54.6 Å². The number of rotatable bonds is 14. The first-order valence-electron chi connectivity index (χ1n) is 16.3. The van der Waals surface area contributed by atoms with Crippen molar-refractivity contribution in [2.75, 3.05) is 29.5 Å². The van der Waals surface area contributed by atoms with E-state index in [2.05, 4.69) is 22.1 Å². The number of hydrogen-bond acceptors (Lipinski definition) is 7. The second-order valence-corrected chi connectivity index (χ2v) is 12.2. The van der Waals surface area contributed by atoms with E-state index >= 15 is 0 Å². The molecule has 0 aromatic heterocycles. The minimum atomic E-state index is -0.572. The first-order chi connectivity index (χ1) is 22.4. The van der Waals surface area contributed by atoms with Crippen molar-refractivity contribution in [2.45, 2.75) is 82.5 Å². The summed E-state index contributed by atoms with van der Waals surface area (Å²) in [5, 5.41) is 15.2. The minimum Gasteiger partial charge on any atom is -0.397 e. The Bertz CT molecular complexity index is 1440. The van der Waals surface area contributed by atoms with Crippen molar-refractivity contribution in [1.29, 1.82) is 0 Å². The molecule has 3 atom stereocenters. The SMILES string of the molecule is C=CCN(C[C@H]1C[C@@H](c2ccc(CO)cc2)O[C@@H](c2ccc(NC(=O)CCCC(=O)Nc3ccccc3N)cc2)O1)C1CCCC1. The molecule has 0 bridgehead atoms. The smallest absolute Gasteiger partial charge is 0.224 e. The molecular weight excluding hydrogens is 580 g/mol. The van der Waals surface area contributed by atoms with Crippen molar-refractivity contribution in [1.82, 2.24) is 4.90 Å². The molecule has 1 heterocycles. The Morgan fingerprint density at radius 2 is 1.59 bits per heavy atom. The molecule has 2 fully saturated rings. The van der Waals surface area contributed by atoms with Crippen molar-refractivity contribution < 1.29 is 24.2 Å². The van der Waals surface area contributed by atoms with Crippen molar-refractivity contribution in [3.63, 3.8) is 0 Å². The highest BCUT2D eigenvalue weighted by Gasteiger charge is 2.34. The van der Waals surface area contributed by atoms with Gasteiger partial charge in [0.05, 0.1) is 30.2 Å². The Labute approximate surface area is 271 Å². The number of para-hydroxylation sites is 2. The number of aliphatic hydroxyl groups is 1. The molecule has 9 nitrogen and oxygen atoms in total. The normalized spacial score (nSPS) is 20.0. The van der Waals surface area contributed by atoms with Crippen LogP contribution >= 0.6 is 0 Å². The van der Waals surface area contributed by atoms with Crippen LogP contribution in [0.25, 0.3) is 0 Å². The third kappa shape index (κ3) is 9.26. The lowest BCUT2D eigenvalue weighted by molar-refractivity contribution is -0.253. The van der Waals surface area contributed by atoms with Crippen LogP contribution in [0.15, 0.2) is 85.5 Å². The third-order valence-corrected chi connectivity index (χ3v) is 8.77. The van der Waals surface area contributed by atoms with Crippen LogP contribution in [0, 0.1) is 0 Å². The van der Waals surface area contributed by atoms with Crippen LogP contribution in [0.5, 0.6) is 0 Å². The number of ether oxygens (including phenoxy) is 2. The van der Waals surface area contributed by atoms with Gasteiger partial charge in [-0.2, -0.15) is 0 Å². The van der Waals surface area contributed by atoms with Crippen molar-refractivity contribution >= 4 is 28.9 Å². The van der Waals surface area contributed by atoms with Crippen LogP contribution in [-0.2, 0) is 25.7 Å². The van der Waals surface area contributed by atoms with E-state index in [0.717, 1.165) is 36.2 Å². The van der Waals surface area contributed by atoms with E-state index in [4.69, 9.17) is 15.2 Å². The van der Waals surface area contributed by atoms with E-state index in [1.54, 1.807) is 24.3 Å². The molecule has 0 unspecified atom stereocenters. The number of carbonyl (C=O) groups excluding carboxylic acids is 2. The van der Waals surface area contributed by atoms with Gasteiger partial charge in [0, 0.05) is 49.6 Å². The number of nitrogens with one attached hydrogen (secondary N) is 2. The Hall–Kier alpha value is -4.02. The maximum absolute atomic E-state index is 12.6. The highest BCUT2D eigenvalue weighted by Crippen LogP contribution is 2.39. The monoisotopic (exact) mass is 626 g/mol. The van der Waals surface area contributed by atoms with Gasteiger partial charge in [0.15, 0.2) is 6.29 Å². The van der Waals surface area contributed by atoms with Gasteiger partial charge in [-0.05, 0) is 54.7 Å². The molecule has 0 radical (unpaired) electrons. The second-order valence-electron chi connectivity index (χ2n) is 12.2. The highest BCUT2D eigenvalue weighted by molar-refractivity contribution is 5.94. The predicted octanol–water partition coefficient (Wildman–Crippen LogP) is 6.48. The molecule has 2 aliphatic rings. The molecular formula is C37H46N4O5. The third-order valence-electron chi connectivity index (χ3n) is 8.77. The molecule has 1 saturated heterocycles. The zero-order valence-electron chi connectivity index (χ0n) is 26.4. The Kier molecular flexibility index (Phi) is 12.0. The fourth-order valence-corrected chi connectivity index (χ4v) is 6.28. The number of aliphatic hydroxyl groups excluding tert-OH is 1. The molecule has 2 amide bonds. The largest absolute Gasteiger partial charge is 0.397 e. The number of nitrogens with two attached hydrogens (primary N) is 1. The lowest BCUT2D eigenvalue weighted by Gasteiger charge is -2.39. The quantitative estimate of drug-likeness (QED) is 0.119. The van der Waals surface area contributed by atoms with Crippen LogP contribution in [0.2, 0.25) is 0 Å². The Morgan fingerprint density at radius 1 is 0.913 bits per heavy atom. The second kappa shape index (κ2) is 16.5. The first-order valence-corrected chi connectivity index (χ1v) is 16.3. The van der Waals surface area contributed by atoms with E-state index in [1.165, 1.54) is 25.7 Å². The van der Waals surface area contributed by atoms with Crippen LogP contribution < -0.4 is 16.4 Å². The minimum absolute atomic E-state index is 0.0000989. The molecule has 3 aromatic rings. The standard InChI is InChI=1S/C37H46N4O5/c1-2-22-41(30-8-3-4-9-30)24-31-23-34(27-16-14-26(25-42)15-17-27)46-37(45-31)28-18-20-29(21-19-28)39-35(43)12-7-13-36(44)40-33-11-6-5-10-32(33)38/h2,5-6,10-11,14-21,30-31,34,37,42H,1,3-4,7-9,12-13,22-25,38H2,(H,39,43)(H,40,44)/t31-,34+,37+/m1/s1. The van der Waals surface area contributed by atoms with E-state index in [-0.39, 0.29) is 43.5 Å². The van der Waals surface area contributed by atoms with Gasteiger partial charge in [-0.1, -0.05) is 67.4 Å². The van der Waals surface area contributed by atoms with Crippen LogP contribution in [0.3, 0.4) is 0 Å². The van der Waals surface area contributed by atoms with Crippen LogP contribution in [0.4, 0.5) is 17.1 Å². The van der Waals surface area contributed by atoms with Gasteiger partial charge in [0.1, 0.15) is 0 Å². The molecule has 1 aliphatic carbocycles. The van der Waals surface area contributed by atoms with E-state index < -0.39 is 6.29 Å². The van der Waals surface area contributed by atoms with Gasteiger partial charge in [-0.15, -0.1) is 6.58 Å². The number of nitrogens with zero attached hydrogens (tertiary/aromatic N) is 1. The van der Waals surface area contributed by atoms with Crippen molar-refractivity contribution in [3.8, 4) is 0 Å². The van der Waals surface area contributed by atoms with Gasteiger partial charge in [-0.25, -0.2) is 0 Å². The average Bonchev–Trinajstić information content (AvgIpc) is 3.61. The number of benzene rings is 3. The molecule has 9 heteroatoms. The molecule has 1 aliphatic heterocycles. The van der Waals surface area contributed by atoms with Crippen molar-refractivity contribution in [2.24, 2.45) is 0 Å². The summed E-state index contributed by atoms with van der Waals surface area (Å²) in [4.78, 5) is 27.4. The van der Waals surface area contributed by atoms with E-state index in [0.29, 0.717) is 29.5 Å². The predicted molar refractivity (Wildman–Crippen MR) is 181 cm³/mol. The number of hydrogen-bond donors (Lipinski definition) is 4. The Morgan fingerprint density at radius 3 is 2.26 bits per heavy atom. The topological polar surface area (TPSA) is 126 Å². The summed E-state index contributed by atoms with van der Waals surface area (Å²) in [6.45, 7) is 5.62. The number of nitrogen functional groups attached to an aromatic ring is 1. The Balaban J connectivity index is 1.19. The summed E-state index contributed by atoms with van der Waals surface area (Å²) >= 11 is 0. The van der Waals surface area contributed by atoms with Gasteiger partial charge >= 0.3 is 0 Å². The van der Waals surface area contributed by atoms with Crippen LogP contribution in [0.1, 0.15) is 80.5 Å². The zero-order valence-corrected chi connectivity index (χ0v) is 26.4. The summed E-state index contributed by atoms with van der Waals surface area (Å²) < 4.78 is 13.1. The van der Waals surface area contributed by atoms with Gasteiger partial charge in [-0.3, -0.25) is 14.5 Å².